The fraction of sp³-hybridized carbons (Fsp3) is 0.200. The molecule has 0 radical (unpaired) electrons. The molecule has 0 spiro atoms. The number of nitrogens with one attached hydrogen (secondary N) is 1. The Morgan fingerprint density at radius 1 is 0.828 bits per heavy atom. The minimum absolute atomic E-state index is 0.0117. The number of carbonyl (C=O) groups is 2. The number of benzene rings is 3. The summed E-state index contributed by atoms with van der Waals surface area (Å²) >= 11 is 0. The molecule has 0 aromatic heterocycles. The third-order valence-electron chi connectivity index (χ3n) is 5.27. The van der Waals surface area contributed by atoms with Gasteiger partial charge >= 0.3 is 5.97 Å². The van der Waals surface area contributed by atoms with E-state index in [1.165, 1.54) is 0 Å². The van der Waals surface area contributed by atoms with Gasteiger partial charge in [0, 0.05) is 18.4 Å². The van der Waals surface area contributed by atoms with E-state index >= 15 is 0 Å². The average Bonchev–Trinajstić information content (AvgIpc) is 2.75. The van der Waals surface area contributed by atoms with Gasteiger partial charge in [-0.15, -0.1) is 0 Å². The monoisotopic (exact) mass is 387 g/mol. The van der Waals surface area contributed by atoms with Crippen molar-refractivity contribution < 1.29 is 14.7 Å². The number of rotatable bonds is 8. The zero-order chi connectivity index (χ0) is 20.7. The summed E-state index contributed by atoms with van der Waals surface area (Å²) in [5, 5.41) is 12.0. The lowest BCUT2D eigenvalue weighted by atomic mass is 9.73. The smallest absolute Gasteiger partial charge is 0.335 e. The first kappa shape index (κ1) is 20.3. The molecule has 3 aromatic rings. The lowest BCUT2D eigenvalue weighted by molar-refractivity contribution is -0.121. The minimum atomic E-state index is -0.939. The van der Waals surface area contributed by atoms with Crippen molar-refractivity contribution in [3.05, 3.63) is 107 Å². The molecule has 1 amide bonds. The largest absolute Gasteiger partial charge is 0.478 e. The minimum Gasteiger partial charge on any atom is -0.478 e. The van der Waals surface area contributed by atoms with Crippen LogP contribution in [0.3, 0.4) is 0 Å². The number of carboxylic acid groups (broad SMARTS) is 1. The first-order chi connectivity index (χ1) is 14.0. The summed E-state index contributed by atoms with van der Waals surface area (Å²) in [6.45, 7) is 2.60. The van der Waals surface area contributed by atoms with Gasteiger partial charge in [0.15, 0.2) is 0 Å². The zero-order valence-electron chi connectivity index (χ0n) is 16.5. The molecule has 0 heterocycles. The van der Waals surface area contributed by atoms with Gasteiger partial charge in [-0.2, -0.15) is 0 Å². The van der Waals surface area contributed by atoms with E-state index in [1.807, 2.05) is 36.4 Å². The molecule has 29 heavy (non-hydrogen) atoms. The van der Waals surface area contributed by atoms with E-state index in [1.54, 1.807) is 24.3 Å². The first-order valence-corrected chi connectivity index (χ1v) is 9.69. The number of amides is 1. The molecular weight excluding hydrogens is 362 g/mol. The standard InChI is InChI=1S/C25H25NO3/c1-25(21-8-4-2-5-9-21,22-10-6-3-7-11-22)18-23(27)26-17-16-19-12-14-20(15-13-19)24(28)29/h2-15H,16-18H2,1H3,(H,26,27)(H,28,29). The Bertz CT molecular complexity index is 911. The summed E-state index contributed by atoms with van der Waals surface area (Å²) in [6.07, 6.45) is 0.998. The summed E-state index contributed by atoms with van der Waals surface area (Å²) < 4.78 is 0. The van der Waals surface area contributed by atoms with Gasteiger partial charge in [0.25, 0.3) is 0 Å². The van der Waals surface area contributed by atoms with E-state index in [0.29, 0.717) is 19.4 Å². The molecule has 3 aromatic carbocycles. The summed E-state index contributed by atoms with van der Waals surface area (Å²) in [6, 6.07) is 26.9. The molecule has 4 heteroatoms. The SMILES string of the molecule is CC(CC(=O)NCCc1ccc(C(=O)O)cc1)(c1ccccc1)c1ccccc1. The van der Waals surface area contributed by atoms with E-state index in [0.717, 1.165) is 16.7 Å². The van der Waals surface area contributed by atoms with Gasteiger partial charge in [0.1, 0.15) is 0 Å². The molecule has 4 nitrogen and oxygen atoms in total. The Morgan fingerprint density at radius 3 is 1.83 bits per heavy atom. The van der Waals surface area contributed by atoms with Crippen molar-refractivity contribution in [2.75, 3.05) is 6.54 Å². The Morgan fingerprint density at radius 2 is 1.34 bits per heavy atom. The van der Waals surface area contributed by atoms with Crippen LogP contribution < -0.4 is 5.32 Å². The van der Waals surface area contributed by atoms with Crippen LogP contribution in [-0.4, -0.2) is 23.5 Å². The van der Waals surface area contributed by atoms with Crippen LogP contribution >= 0.6 is 0 Å². The molecule has 0 saturated carbocycles. The van der Waals surface area contributed by atoms with Crippen LogP contribution in [0.1, 0.15) is 40.4 Å². The number of carboxylic acids is 1. The molecule has 0 aliphatic heterocycles. The van der Waals surface area contributed by atoms with E-state index in [-0.39, 0.29) is 11.5 Å². The predicted octanol–water partition coefficient (Wildman–Crippen LogP) is 4.44. The molecule has 0 aliphatic rings. The van der Waals surface area contributed by atoms with Crippen LogP contribution in [-0.2, 0) is 16.6 Å². The molecular formula is C25H25NO3. The van der Waals surface area contributed by atoms with Crippen LogP contribution in [0.5, 0.6) is 0 Å². The lowest BCUT2D eigenvalue weighted by Gasteiger charge is -2.30. The van der Waals surface area contributed by atoms with Crippen LogP contribution in [0.4, 0.5) is 0 Å². The van der Waals surface area contributed by atoms with E-state index in [4.69, 9.17) is 5.11 Å². The third kappa shape index (κ3) is 5.11. The molecule has 148 valence electrons. The molecule has 0 aliphatic carbocycles. The Hall–Kier alpha value is -3.40. The highest BCUT2D eigenvalue weighted by molar-refractivity contribution is 5.87. The summed E-state index contributed by atoms with van der Waals surface area (Å²) in [5.41, 5.74) is 3.04. The van der Waals surface area contributed by atoms with Gasteiger partial charge in [-0.1, -0.05) is 79.7 Å². The molecule has 0 atom stereocenters. The van der Waals surface area contributed by atoms with Gasteiger partial charge in [-0.3, -0.25) is 4.79 Å². The Kier molecular flexibility index (Phi) is 6.45. The van der Waals surface area contributed by atoms with E-state index in [9.17, 15) is 9.59 Å². The Labute approximate surface area is 171 Å². The van der Waals surface area contributed by atoms with Crippen LogP contribution in [0, 0.1) is 0 Å². The van der Waals surface area contributed by atoms with E-state index in [2.05, 4.69) is 36.5 Å². The van der Waals surface area contributed by atoms with Crippen LogP contribution in [0.15, 0.2) is 84.9 Å². The van der Waals surface area contributed by atoms with E-state index < -0.39 is 11.4 Å². The quantitative estimate of drug-likeness (QED) is 0.600. The van der Waals surface area contributed by atoms with Crippen LogP contribution in [0.25, 0.3) is 0 Å². The fourth-order valence-corrected chi connectivity index (χ4v) is 3.53. The topological polar surface area (TPSA) is 66.4 Å². The van der Waals surface area contributed by atoms with Gasteiger partial charge < -0.3 is 10.4 Å². The van der Waals surface area contributed by atoms with Gasteiger partial charge in [-0.05, 0) is 35.2 Å². The Balaban J connectivity index is 1.65. The number of aromatic carboxylic acids is 1. The van der Waals surface area contributed by atoms with Crippen molar-refractivity contribution in [2.24, 2.45) is 0 Å². The lowest BCUT2D eigenvalue weighted by Crippen LogP contribution is -2.34. The molecule has 0 bridgehead atoms. The number of carbonyl (C=O) groups excluding carboxylic acids is 1. The molecule has 0 fully saturated rings. The van der Waals surface area contributed by atoms with Crippen molar-refractivity contribution in [1.29, 1.82) is 0 Å². The normalized spacial score (nSPS) is 11.1. The fourth-order valence-electron chi connectivity index (χ4n) is 3.53. The second-order valence-corrected chi connectivity index (χ2v) is 7.34. The predicted molar refractivity (Wildman–Crippen MR) is 114 cm³/mol. The summed E-state index contributed by atoms with van der Waals surface area (Å²) in [5.74, 6) is -0.951. The highest BCUT2D eigenvalue weighted by Gasteiger charge is 2.31. The van der Waals surface area contributed by atoms with Gasteiger partial charge in [-0.25, -0.2) is 4.79 Å². The maximum Gasteiger partial charge on any atom is 0.335 e. The van der Waals surface area contributed by atoms with Crippen molar-refractivity contribution in [1.82, 2.24) is 5.32 Å². The molecule has 3 rings (SSSR count). The van der Waals surface area contributed by atoms with Crippen molar-refractivity contribution in [3.63, 3.8) is 0 Å². The summed E-state index contributed by atoms with van der Waals surface area (Å²) in [4.78, 5) is 23.7. The highest BCUT2D eigenvalue weighted by atomic mass is 16.4. The molecule has 0 saturated heterocycles. The van der Waals surface area contributed by atoms with Gasteiger partial charge in [0.2, 0.25) is 5.91 Å². The summed E-state index contributed by atoms with van der Waals surface area (Å²) in [7, 11) is 0. The second kappa shape index (κ2) is 9.20. The third-order valence-corrected chi connectivity index (χ3v) is 5.27. The molecule has 0 unspecified atom stereocenters. The average molecular weight is 387 g/mol. The maximum atomic E-state index is 12.8. The molecule has 2 N–H and O–H groups in total. The van der Waals surface area contributed by atoms with Crippen molar-refractivity contribution in [2.45, 2.75) is 25.2 Å². The number of hydrogen-bond donors (Lipinski definition) is 2. The maximum absolute atomic E-state index is 12.8. The highest BCUT2D eigenvalue weighted by Crippen LogP contribution is 2.35. The van der Waals surface area contributed by atoms with Crippen LogP contribution in [0.2, 0.25) is 0 Å². The zero-order valence-corrected chi connectivity index (χ0v) is 16.5. The second-order valence-electron chi connectivity index (χ2n) is 7.34. The van der Waals surface area contributed by atoms with Gasteiger partial charge in [0.05, 0.1) is 5.56 Å². The first-order valence-electron chi connectivity index (χ1n) is 9.69. The number of hydrogen-bond acceptors (Lipinski definition) is 2. The van der Waals surface area contributed by atoms with Crippen molar-refractivity contribution >= 4 is 11.9 Å². The van der Waals surface area contributed by atoms with Crippen molar-refractivity contribution in [3.8, 4) is 0 Å².